The van der Waals surface area contributed by atoms with E-state index in [9.17, 15) is 31.9 Å². The Morgan fingerprint density at radius 2 is 1.83 bits per heavy atom. The smallest absolute Gasteiger partial charge is 0.340 e. The van der Waals surface area contributed by atoms with E-state index in [1.54, 1.807) is 12.2 Å². The summed E-state index contributed by atoms with van der Waals surface area (Å²) in [5.74, 6) is -10.2. The average molecular weight is 415 g/mol. The van der Waals surface area contributed by atoms with Crippen molar-refractivity contribution in [3.63, 3.8) is 0 Å². The number of hydrogen-bond acceptors (Lipinski definition) is 4. The number of allylic oxidation sites excluding steroid dienone is 2. The van der Waals surface area contributed by atoms with Crippen molar-refractivity contribution < 1.29 is 41.8 Å². The first-order chi connectivity index (χ1) is 13.6. The second-order valence-electron chi connectivity index (χ2n) is 7.04. The molecule has 156 valence electrons. The van der Waals surface area contributed by atoms with Gasteiger partial charge in [0.2, 0.25) is 5.91 Å². The molecule has 2 aliphatic carbocycles. The zero-order valence-corrected chi connectivity index (χ0v) is 14.9. The molecule has 0 radical (unpaired) electrons. The molecule has 29 heavy (non-hydrogen) atoms. The van der Waals surface area contributed by atoms with Gasteiger partial charge in [0.15, 0.2) is 6.61 Å². The van der Waals surface area contributed by atoms with Crippen LogP contribution in [0.5, 0.6) is 0 Å². The van der Waals surface area contributed by atoms with Gasteiger partial charge in [-0.3, -0.25) is 9.59 Å². The third kappa shape index (κ3) is 4.25. The maximum atomic E-state index is 13.1. The van der Waals surface area contributed by atoms with E-state index in [2.05, 4.69) is 10.1 Å². The maximum absolute atomic E-state index is 13.1. The second kappa shape index (κ2) is 7.84. The molecule has 1 amide bonds. The first-order valence-electron chi connectivity index (χ1n) is 8.75. The van der Waals surface area contributed by atoms with Crippen LogP contribution in [0.1, 0.15) is 16.8 Å². The van der Waals surface area contributed by atoms with Crippen LogP contribution in [-0.4, -0.2) is 41.9 Å². The highest BCUT2D eigenvalue weighted by molar-refractivity contribution is 5.98. The number of fused-ring (bicyclic) bond motifs is 2. The monoisotopic (exact) mass is 415 g/mol. The van der Waals surface area contributed by atoms with Gasteiger partial charge >= 0.3 is 24.3 Å². The molecule has 2 N–H and O–H groups in total. The van der Waals surface area contributed by atoms with Crippen LogP contribution in [-0.2, 0) is 14.3 Å². The second-order valence-corrected chi connectivity index (χ2v) is 7.04. The summed E-state index contributed by atoms with van der Waals surface area (Å²) in [4.78, 5) is 36.1. The number of carboxylic acids is 1. The van der Waals surface area contributed by atoms with Crippen molar-refractivity contribution in [2.45, 2.75) is 18.8 Å². The van der Waals surface area contributed by atoms with Crippen LogP contribution in [0.25, 0.3) is 0 Å². The lowest BCUT2D eigenvalue weighted by Gasteiger charge is -2.26. The van der Waals surface area contributed by atoms with E-state index in [4.69, 9.17) is 5.11 Å². The maximum Gasteiger partial charge on any atom is 0.340 e. The summed E-state index contributed by atoms with van der Waals surface area (Å²) >= 11 is 0. The quantitative estimate of drug-likeness (QED) is 0.405. The largest absolute Gasteiger partial charge is 0.478 e. The van der Waals surface area contributed by atoms with Gasteiger partial charge in [0.05, 0.1) is 17.4 Å². The third-order valence-electron chi connectivity index (χ3n) is 5.14. The highest BCUT2D eigenvalue weighted by atomic mass is 19.3. The molecule has 0 saturated heterocycles. The number of halogens is 4. The molecule has 6 nitrogen and oxygen atoms in total. The van der Waals surface area contributed by atoms with E-state index in [-0.39, 0.29) is 17.2 Å². The molecule has 10 heteroatoms. The number of ether oxygens (including phenoxy) is 1. The van der Waals surface area contributed by atoms with Gasteiger partial charge in [0.1, 0.15) is 0 Å². The number of alkyl halides is 4. The molecule has 2 bridgehead atoms. The molecule has 4 atom stereocenters. The Kier molecular flexibility index (Phi) is 5.63. The number of amides is 1. The van der Waals surface area contributed by atoms with Gasteiger partial charge in [-0.1, -0.05) is 18.2 Å². The summed E-state index contributed by atoms with van der Waals surface area (Å²) in [5.41, 5.74) is 0.138. The van der Waals surface area contributed by atoms with Crippen molar-refractivity contribution in [2.75, 3.05) is 11.9 Å². The van der Waals surface area contributed by atoms with Crippen molar-refractivity contribution in [1.82, 2.24) is 0 Å². The van der Waals surface area contributed by atoms with E-state index < -0.39 is 54.6 Å². The summed E-state index contributed by atoms with van der Waals surface area (Å²) in [7, 11) is 0. The third-order valence-corrected chi connectivity index (χ3v) is 5.14. The Labute approximate surface area is 162 Å². The van der Waals surface area contributed by atoms with Crippen LogP contribution in [0.3, 0.4) is 0 Å². The molecule has 2 aliphatic rings. The minimum Gasteiger partial charge on any atom is -0.478 e. The molecule has 0 aromatic heterocycles. The molecule has 1 saturated carbocycles. The standard InChI is InChI=1S/C19H17F4NO5/c20-18(21)19(22,23)8-29-17(28)14-10-5-4-9(6-10)13(14)15(25)24-12-3-1-2-11(7-12)16(26)27/h1-5,7,9-10,13-14,18H,6,8H2,(H,24,25)(H,26,27)/t9-,10-,13+,14-/m0/s1. The van der Waals surface area contributed by atoms with Crippen LogP contribution in [0.4, 0.5) is 23.2 Å². The fourth-order valence-electron chi connectivity index (χ4n) is 3.78. The first-order valence-corrected chi connectivity index (χ1v) is 8.75. The van der Waals surface area contributed by atoms with Crippen molar-refractivity contribution in [3.8, 4) is 0 Å². The molecule has 0 aliphatic heterocycles. The molecule has 1 fully saturated rings. The van der Waals surface area contributed by atoms with Gasteiger partial charge in [0, 0.05) is 5.69 Å². The van der Waals surface area contributed by atoms with Crippen LogP contribution in [0.15, 0.2) is 36.4 Å². The summed E-state index contributed by atoms with van der Waals surface area (Å²) in [6, 6.07) is 5.46. The van der Waals surface area contributed by atoms with Gasteiger partial charge < -0.3 is 15.2 Å². The average Bonchev–Trinajstić information content (AvgIpc) is 3.27. The zero-order valence-electron chi connectivity index (χ0n) is 14.9. The first kappa shape index (κ1) is 20.8. The molecule has 3 rings (SSSR count). The van der Waals surface area contributed by atoms with Gasteiger partial charge in [0.25, 0.3) is 0 Å². The summed E-state index contributed by atoms with van der Waals surface area (Å²) in [6.07, 6.45) is -0.134. The Hall–Kier alpha value is -2.91. The van der Waals surface area contributed by atoms with Gasteiger partial charge in [-0.25, -0.2) is 13.6 Å². The van der Waals surface area contributed by atoms with Crippen LogP contribution >= 0.6 is 0 Å². The minimum absolute atomic E-state index is 0.0548. The number of hydrogen-bond donors (Lipinski definition) is 2. The SMILES string of the molecule is O=C(O)c1cccc(NC(=O)[C@H]2[C@@H](C(=O)OCC(F)(F)C(F)F)[C@H]3C=C[C@H]2C3)c1. The Balaban J connectivity index is 1.72. The fourth-order valence-corrected chi connectivity index (χ4v) is 3.78. The predicted octanol–water partition coefficient (Wildman–Crippen LogP) is 3.21. The van der Waals surface area contributed by atoms with Gasteiger partial charge in [-0.15, -0.1) is 0 Å². The number of esters is 1. The van der Waals surface area contributed by atoms with Crippen molar-refractivity contribution in [3.05, 3.63) is 42.0 Å². The summed E-state index contributed by atoms with van der Waals surface area (Å²) in [5, 5.41) is 11.5. The molecule has 0 spiro atoms. The Bertz CT molecular complexity index is 857. The Morgan fingerprint density at radius 1 is 1.17 bits per heavy atom. The zero-order chi connectivity index (χ0) is 21.3. The van der Waals surface area contributed by atoms with Gasteiger partial charge in [-0.2, -0.15) is 8.78 Å². The van der Waals surface area contributed by atoms with Crippen LogP contribution in [0, 0.1) is 23.7 Å². The van der Waals surface area contributed by atoms with Crippen molar-refractivity contribution in [1.29, 1.82) is 0 Å². The number of benzene rings is 1. The lowest BCUT2D eigenvalue weighted by Crippen LogP contribution is -2.40. The predicted molar refractivity (Wildman–Crippen MR) is 91.7 cm³/mol. The molecular formula is C19H17F4NO5. The highest BCUT2D eigenvalue weighted by Crippen LogP contribution is 2.49. The minimum atomic E-state index is -4.47. The fraction of sp³-hybridized carbons (Fsp3) is 0.421. The van der Waals surface area contributed by atoms with E-state index in [1.165, 1.54) is 24.3 Å². The summed E-state index contributed by atoms with van der Waals surface area (Å²) in [6.45, 7) is -1.77. The summed E-state index contributed by atoms with van der Waals surface area (Å²) < 4.78 is 55.1. The molecule has 0 heterocycles. The lowest BCUT2D eigenvalue weighted by molar-refractivity contribution is -0.184. The van der Waals surface area contributed by atoms with E-state index in [1.807, 2.05) is 0 Å². The molecule has 1 aromatic carbocycles. The molecule has 1 aromatic rings. The normalized spacial score (nSPS) is 25.3. The molecular weight excluding hydrogens is 398 g/mol. The number of carbonyl (C=O) groups is 3. The van der Waals surface area contributed by atoms with Crippen LogP contribution < -0.4 is 5.32 Å². The van der Waals surface area contributed by atoms with Crippen molar-refractivity contribution in [2.24, 2.45) is 23.7 Å². The Morgan fingerprint density at radius 3 is 2.45 bits per heavy atom. The van der Waals surface area contributed by atoms with Crippen LogP contribution in [0.2, 0.25) is 0 Å². The van der Waals surface area contributed by atoms with Gasteiger partial charge in [-0.05, 0) is 36.5 Å². The highest BCUT2D eigenvalue weighted by Gasteiger charge is 2.53. The number of carboxylic acid groups (broad SMARTS) is 1. The topological polar surface area (TPSA) is 92.7 Å². The van der Waals surface area contributed by atoms with Crippen molar-refractivity contribution >= 4 is 23.5 Å². The number of rotatable bonds is 7. The van der Waals surface area contributed by atoms with E-state index in [0.717, 1.165) is 0 Å². The van der Waals surface area contributed by atoms with E-state index >= 15 is 0 Å². The number of aromatic carboxylic acids is 1. The number of nitrogens with one attached hydrogen (secondary N) is 1. The number of carbonyl (C=O) groups excluding carboxylic acids is 2. The lowest BCUT2D eigenvalue weighted by atomic mass is 9.82. The van der Waals surface area contributed by atoms with E-state index in [0.29, 0.717) is 6.42 Å². The number of anilines is 1. The molecule has 0 unspecified atom stereocenters.